The van der Waals surface area contributed by atoms with Crippen LogP contribution >= 0.6 is 11.3 Å². The molecule has 1 saturated heterocycles. The molecule has 0 unspecified atom stereocenters. The maximum absolute atomic E-state index is 13.7. The summed E-state index contributed by atoms with van der Waals surface area (Å²) in [6.45, 7) is 12.1. The van der Waals surface area contributed by atoms with E-state index < -0.39 is 0 Å². The van der Waals surface area contributed by atoms with Crippen molar-refractivity contribution in [3.63, 3.8) is 0 Å². The molecule has 8 heteroatoms. The topological polar surface area (TPSA) is 90.1 Å². The molecule has 2 atom stereocenters. The lowest BCUT2D eigenvalue weighted by molar-refractivity contribution is 0.0562. The molecule has 1 amide bonds. The van der Waals surface area contributed by atoms with Crippen LogP contribution in [0.15, 0.2) is 59.5 Å². The third-order valence-electron chi connectivity index (χ3n) is 9.54. The number of likely N-dealkylation sites (N-methyl/N-ethyl adjacent to an activating group) is 1. The number of H-pyrrole nitrogens is 1. The van der Waals surface area contributed by atoms with Crippen LogP contribution in [0.2, 0.25) is 0 Å². The first kappa shape index (κ1) is 29.7. The molecule has 226 valence electrons. The number of thiophene rings is 1. The monoisotopic (exact) mass is 597 g/mol. The summed E-state index contributed by atoms with van der Waals surface area (Å²) in [7, 11) is 2.02. The first-order chi connectivity index (χ1) is 20.5. The average molecular weight is 598 g/mol. The fourth-order valence-electron chi connectivity index (χ4n) is 6.59. The molecule has 43 heavy (non-hydrogen) atoms. The van der Waals surface area contributed by atoms with Crippen molar-refractivity contribution >= 4 is 27.5 Å². The van der Waals surface area contributed by atoms with E-state index >= 15 is 0 Å². The number of benzene rings is 1. The quantitative estimate of drug-likeness (QED) is 0.233. The number of likely N-dealkylation sites (tertiary alicyclic amines) is 1. The Kier molecular flexibility index (Phi) is 8.05. The number of aromatic nitrogens is 2. The number of hydrogen-bond acceptors (Lipinski definition) is 6. The molecule has 1 aliphatic heterocycles. The second kappa shape index (κ2) is 11.6. The Labute approximate surface area is 258 Å². The van der Waals surface area contributed by atoms with Gasteiger partial charge in [-0.15, -0.1) is 11.3 Å². The molecule has 6 rings (SSSR count). The van der Waals surface area contributed by atoms with E-state index in [2.05, 4.69) is 78.5 Å². The Balaban J connectivity index is 1.21. The van der Waals surface area contributed by atoms with Crippen molar-refractivity contribution in [2.45, 2.75) is 65.0 Å². The van der Waals surface area contributed by atoms with E-state index in [1.54, 1.807) is 6.20 Å². The summed E-state index contributed by atoms with van der Waals surface area (Å²) < 4.78 is 0. The minimum absolute atomic E-state index is 0.0491. The molecule has 3 N–H and O–H groups in total. The van der Waals surface area contributed by atoms with E-state index in [1.807, 2.05) is 19.2 Å². The summed E-state index contributed by atoms with van der Waals surface area (Å²) in [5.41, 5.74) is 5.90. The van der Waals surface area contributed by atoms with Gasteiger partial charge in [-0.1, -0.05) is 45.0 Å². The molecule has 1 aromatic carbocycles. The fourth-order valence-corrected chi connectivity index (χ4v) is 7.53. The molecule has 1 aliphatic carbocycles. The fraction of sp³-hybridized carbons (Fsp3) is 0.457. The number of carbonyl (C=O) groups is 1. The van der Waals surface area contributed by atoms with Crippen LogP contribution in [0.1, 0.15) is 73.1 Å². The van der Waals surface area contributed by atoms with Crippen molar-refractivity contribution in [2.75, 3.05) is 26.7 Å². The van der Waals surface area contributed by atoms with Crippen LogP contribution in [-0.4, -0.2) is 53.0 Å². The van der Waals surface area contributed by atoms with Crippen molar-refractivity contribution in [1.82, 2.24) is 25.5 Å². The van der Waals surface area contributed by atoms with Crippen LogP contribution in [0.25, 0.3) is 21.3 Å². The number of amides is 1. The minimum Gasteiger partial charge on any atom is -0.344 e. The van der Waals surface area contributed by atoms with Crippen molar-refractivity contribution in [2.24, 2.45) is 11.3 Å². The smallest absolute Gasteiger partial charge is 0.261 e. The SMILES string of the molecule is CNC1(C)CN(CC[C@@H](NC(=O)c2cc3cc4c(nc3s2)CC[C@H](C(C)(C)C)C4)c2ccc(-c3ccc(=O)[nH]c3)cc2)C1. The van der Waals surface area contributed by atoms with Gasteiger partial charge in [0.15, 0.2) is 0 Å². The highest BCUT2D eigenvalue weighted by Gasteiger charge is 2.37. The molecule has 0 bridgehead atoms. The number of fused-ring (bicyclic) bond motifs is 2. The predicted molar refractivity (Wildman–Crippen MR) is 176 cm³/mol. The van der Waals surface area contributed by atoms with Gasteiger partial charge in [-0.25, -0.2) is 4.98 Å². The minimum atomic E-state index is -0.127. The van der Waals surface area contributed by atoms with E-state index in [-0.39, 0.29) is 28.5 Å². The summed E-state index contributed by atoms with van der Waals surface area (Å²) >= 11 is 1.49. The average Bonchev–Trinajstić information content (AvgIpc) is 3.39. The lowest BCUT2D eigenvalue weighted by Crippen LogP contribution is -2.66. The van der Waals surface area contributed by atoms with E-state index in [4.69, 9.17) is 4.98 Å². The second-order valence-electron chi connectivity index (χ2n) is 13.8. The Hall–Kier alpha value is -3.33. The molecule has 4 aromatic rings. The highest BCUT2D eigenvalue weighted by Crippen LogP contribution is 2.38. The molecule has 4 heterocycles. The zero-order valence-corrected chi connectivity index (χ0v) is 26.7. The number of aromatic amines is 1. The van der Waals surface area contributed by atoms with Crippen LogP contribution in [-0.2, 0) is 12.8 Å². The van der Waals surface area contributed by atoms with Crippen molar-refractivity contribution in [1.29, 1.82) is 0 Å². The number of hydrogen-bond donors (Lipinski definition) is 3. The Morgan fingerprint density at radius 3 is 2.56 bits per heavy atom. The Bertz CT molecular complexity index is 1660. The Morgan fingerprint density at radius 1 is 1.14 bits per heavy atom. The van der Waals surface area contributed by atoms with Crippen molar-refractivity contribution in [3.05, 3.63) is 86.8 Å². The number of nitrogens with one attached hydrogen (secondary N) is 3. The van der Waals surface area contributed by atoms with Crippen molar-refractivity contribution in [3.8, 4) is 11.1 Å². The third kappa shape index (κ3) is 6.47. The van der Waals surface area contributed by atoms with E-state index in [0.29, 0.717) is 10.8 Å². The van der Waals surface area contributed by atoms with Crippen LogP contribution in [0.4, 0.5) is 0 Å². The number of nitrogens with zero attached hydrogens (tertiary/aromatic N) is 2. The maximum Gasteiger partial charge on any atom is 0.261 e. The third-order valence-corrected chi connectivity index (χ3v) is 10.6. The van der Waals surface area contributed by atoms with Gasteiger partial charge in [0.2, 0.25) is 5.56 Å². The van der Waals surface area contributed by atoms with E-state index in [1.165, 1.54) is 35.1 Å². The molecule has 0 spiro atoms. The number of aryl methyl sites for hydroxylation is 1. The van der Waals surface area contributed by atoms with Gasteiger partial charge in [-0.05, 0) is 91.4 Å². The molecule has 2 aliphatic rings. The number of pyridine rings is 2. The molecular weight excluding hydrogens is 554 g/mol. The highest BCUT2D eigenvalue weighted by molar-refractivity contribution is 7.20. The van der Waals surface area contributed by atoms with Gasteiger partial charge in [0.05, 0.1) is 10.9 Å². The lowest BCUT2D eigenvalue weighted by Gasteiger charge is -2.48. The lowest BCUT2D eigenvalue weighted by atomic mass is 9.71. The molecule has 0 radical (unpaired) electrons. The first-order valence-corrected chi connectivity index (χ1v) is 16.2. The van der Waals surface area contributed by atoms with Crippen LogP contribution < -0.4 is 16.2 Å². The van der Waals surface area contributed by atoms with Gasteiger partial charge in [0.25, 0.3) is 5.91 Å². The van der Waals surface area contributed by atoms with Crippen LogP contribution in [0, 0.1) is 11.3 Å². The molecular formula is C35H43N5O2S. The summed E-state index contributed by atoms with van der Waals surface area (Å²) in [4.78, 5) is 37.1. The molecule has 1 fully saturated rings. The van der Waals surface area contributed by atoms with Gasteiger partial charge in [-0.2, -0.15) is 0 Å². The zero-order chi connectivity index (χ0) is 30.4. The number of carbonyl (C=O) groups excluding carboxylic acids is 1. The summed E-state index contributed by atoms with van der Waals surface area (Å²) in [6.07, 6.45) is 5.78. The van der Waals surface area contributed by atoms with Gasteiger partial charge in [-0.3, -0.25) is 14.5 Å². The predicted octanol–water partition coefficient (Wildman–Crippen LogP) is 5.96. The highest BCUT2D eigenvalue weighted by atomic mass is 32.1. The van der Waals surface area contributed by atoms with Crippen LogP contribution in [0.5, 0.6) is 0 Å². The molecule has 3 aromatic heterocycles. The van der Waals surface area contributed by atoms with Gasteiger partial charge in [0.1, 0.15) is 4.83 Å². The van der Waals surface area contributed by atoms with E-state index in [0.717, 1.165) is 65.8 Å². The second-order valence-corrected chi connectivity index (χ2v) is 14.8. The normalized spacial score (nSPS) is 19.0. The number of rotatable bonds is 8. The van der Waals surface area contributed by atoms with E-state index in [9.17, 15) is 9.59 Å². The molecule has 0 saturated carbocycles. The maximum atomic E-state index is 13.7. The van der Waals surface area contributed by atoms with Gasteiger partial charge < -0.3 is 15.6 Å². The largest absolute Gasteiger partial charge is 0.344 e. The summed E-state index contributed by atoms with van der Waals surface area (Å²) in [6, 6.07) is 15.8. The van der Waals surface area contributed by atoms with Crippen molar-refractivity contribution < 1.29 is 4.79 Å². The van der Waals surface area contributed by atoms with Crippen LogP contribution in [0.3, 0.4) is 0 Å². The Morgan fingerprint density at radius 2 is 1.88 bits per heavy atom. The summed E-state index contributed by atoms with van der Waals surface area (Å²) in [5, 5.41) is 7.84. The zero-order valence-electron chi connectivity index (χ0n) is 25.9. The molecule has 7 nitrogen and oxygen atoms in total. The standard InChI is InChI=1S/C35H43N5O2S/c1-34(2,3)27-11-12-28-25(17-27)16-26-18-30(43-33(26)39-28)32(42)38-29(14-15-40-20-35(4,21-40)36-5)23-8-6-22(7-9-23)24-10-13-31(41)37-19-24/h6-10,13,16,18-19,27,29,36H,11-12,14-15,17,20-21H2,1-5H3,(H,37,41)(H,38,42)/t27-,29+/m0/s1. The van der Waals surface area contributed by atoms with Gasteiger partial charge >= 0.3 is 0 Å². The first-order valence-electron chi connectivity index (χ1n) is 15.4. The summed E-state index contributed by atoms with van der Waals surface area (Å²) in [5.74, 6) is 0.598. The van der Waals surface area contributed by atoms with Gasteiger partial charge in [0, 0.05) is 48.5 Å².